The summed E-state index contributed by atoms with van der Waals surface area (Å²) >= 11 is 0. The summed E-state index contributed by atoms with van der Waals surface area (Å²) in [6.07, 6.45) is 0. The van der Waals surface area contributed by atoms with Crippen LogP contribution in [0.5, 0.6) is 5.88 Å². The summed E-state index contributed by atoms with van der Waals surface area (Å²) in [6, 6.07) is 19.3. The van der Waals surface area contributed by atoms with Crippen molar-refractivity contribution in [3.05, 3.63) is 71.1 Å². The van der Waals surface area contributed by atoms with E-state index in [-0.39, 0.29) is 11.7 Å². The number of ether oxygens (including phenoxy) is 1. The van der Waals surface area contributed by atoms with Crippen LogP contribution < -0.4 is 4.74 Å². The molecule has 6 nitrogen and oxygen atoms in total. The van der Waals surface area contributed by atoms with E-state index in [0.717, 1.165) is 11.1 Å². The summed E-state index contributed by atoms with van der Waals surface area (Å²) in [5.74, 6) is 0.315. The van der Waals surface area contributed by atoms with E-state index in [0.29, 0.717) is 11.4 Å². The van der Waals surface area contributed by atoms with Crippen molar-refractivity contribution in [2.24, 2.45) is 5.11 Å². The third-order valence-corrected chi connectivity index (χ3v) is 3.27. The lowest BCUT2D eigenvalue weighted by Crippen LogP contribution is -1.98. The van der Waals surface area contributed by atoms with Gasteiger partial charge in [-0.05, 0) is 10.6 Å². The highest BCUT2D eigenvalue weighted by atomic mass is 16.5. The topological polar surface area (TPSA) is 83.8 Å². The average Bonchev–Trinajstić information content (AvgIpc) is 2.63. The van der Waals surface area contributed by atoms with E-state index in [1.54, 1.807) is 0 Å². The van der Waals surface area contributed by atoms with Gasteiger partial charge in [0.05, 0.1) is 12.8 Å². The fourth-order valence-electron chi connectivity index (χ4n) is 2.25. The number of azide groups is 1. The van der Waals surface area contributed by atoms with Crippen LogP contribution in [0.4, 0.5) is 5.82 Å². The predicted molar refractivity (Wildman–Crippen MR) is 88.3 cm³/mol. The molecule has 1 aromatic heterocycles. The quantitative estimate of drug-likeness (QED) is 0.395. The molecule has 0 aliphatic rings. The Hall–Kier alpha value is -3.37. The van der Waals surface area contributed by atoms with E-state index in [9.17, 15) is 0 Å². The van der Waals surface area contributed by atoms with Gasteiger partial charge in [0, 0.05) is 16.0 Å². The van der Waals surface area contributed by atoms with Gasteiger partial charge in [0.15, 0.2) is 5.82 Å². The summed E-state index contributed by atoms with van der Waals surface area (Å²) in [4.78, 5) is 11.8. The molecule has 0 amide bonds. The smallest absolute Gasteiger partial charge is 0.242 e. The molecule has 6 heteroatoms. The van der Waals surface area contributed by atoms with E-state index >= 15 is 0 Å². The van der Waals surface area contributed by atoms with Crippen LogP contribution in [0.2, 0.25) is 0 Å². The first kappa shape index (κ1) is 14.6. The van der Waals surface area contributed by atoms with Gasteiger partial charge in [0.2, 0.25) is 5.88 Å². The minimum atomic E-state index is 0.119. The Balaban J connectivity index is 2.30. The highest BCUT2D eigenvalue weighted by molar-refractivity contribution is 5.79. The lowest BCUT2D eigenvalue weighted by Gasteiger charge is -2.12. The Morgan fingerprint density at radius 2 is 1.39 bits per heavy atom. The van der Waals surface area contributed by atoms with E-state index in [4.69, 9.17) is 10.3 Å². The summed E-state index contributed by atoms with van der Waals surface area (Å²) in [6.45, 7) is 0. The van der Waals surface area contributed by atoms with Gasteiger partial charge in [-0.25, -0.2) is 9.97 Å². The summed E-state index contributed by atoms with van der Waals surface area (Å²) < 4.78 is 5.21. The first-order valence-electron chi connectivity index (χ1n) is 6.95. The van der Waals surface area contributed by atoms with E-state index < -0.39 is 0 Å². The number of benzene rings is 2. The van der Waals surface area contributed by atoms with Gasteiger partial charge >= 0.3 is 0 Å². The van der Waals surface area contributed by atoms with Gasteiger partial charge in [0.25, 0.3) is 0 Å². The maximum Gasteiger partial charge on any atom is 0.242 e. The van der Waals surface area contributed by atoms with Crippen LogP contribution in [0.3, 0.4) is 0 Å². The first-order chi connectivity index (χ1) is 11.3. The fourth-order valence-corrected chi connectivity index (χ4v) is 2.25. The maximum atomic E-state index is 8.72. The second-order valence-electron chi connectivity index (χ2n) is 4.68. The average molecular weight is 303 g/mol. The van der Waals surface area contributed by atoms with E-state index in [1.165, 1.54) is 7.11 Å². The van der Waals surface area contributed by atoms with Crippen LogP contribution in [0.1, 0.15) is 0 Å². The number of hydrogen-bond donors (Lipinski definition) is 0. The van der Waals surface area contributed by atoms with Gasteiger partial charge in [0.1, 0.15) is 5.69 Å². The molecule has 0 spiro atoms. The molecule has 0 atom stereocenters. The summed E-state index contributed by atoms with van der Waals surface area (Å²) in [5, 5.41) is 3.58. The summed E-state index contributed by atoms with van der Waals surface area (Å²) in [5.41, 5.74) is 11.8. The molecule has 0 aliphatic heterocycles. The van der Waals surface area contributed by atoms with Crippen LogP contribution in [-0.4, -0.2) is 17.1 Å². The van der Waals surface area contributed by atoms with Crippen LogP contribution in [0, 0.1) is 0 Å². The molecule has 3 rings (SSSR count). The largest absolute Gasteiger partial charge is 0.480 e. The molecule has 0 saturated heterocycles. The second kappa shape index (κ2) is 6.60. The Kier molecular flexibility index (Phi) is 4.18. The third-order valence-electron chi connectivity index (χ3n) is 3.27. The number of rotatable bonds is 4. The molecular formula is C17H13N5O. The number of methoxy groups -OCH3 is 1. The van der Waals surface area contributed by atoms with Crippen molar-refractivity contribution in [1.29, 1.82) is 0 Å². The van der Waals surface area contributed by atoms with E-state index in [2.05, 4.69) is 20.0 Å². The lowest BCUT2D eigenvalue weighted by molar-refractivity contribution is 0.398. The molecule has 2 aromatic carbocycles. The molecule has 0 unspecified atom stereocenters. The van der Waals surface area contributed by atoms with Crippen LogP contribution in [-0.2, 0) is 0 Å². The van der Waals surface area contributed by atoms with Gasteiger partial charge in [-0.2, -0.15) is 0 Å². The standard InChI is InChI=1S/C17H13N5O/c1-23-17-16(21-22-18)19-14(12-8-4-2-5-9-12)15(20-17)13-10-6-3-7-11-13/h2-11H,1H3. The van der Waals surface area contributed by atoms with Crippen LogP contribution in [0.15, 0.2) is 65.8 Å². The molecule has 0 radical (unpaired) electrons. The van der Waals surface area contributed by atoms with Crippen LogP contribution in [0.25, 0.3) is 33.0 Å². The number of aromatic nitrogens is 2. The van der Waals surface area contributed by atoms with Crippen molar-refractivity contribution >= 4 is 5.82 Å². The molecule has 0 aliphatic carbocycles. The predicted octanol–water partition coefficient (Wildman–Crippen LogP) is 4.76. The van der Waals surface area contributed by atoms with Crippen molar-refractivity contribution in [2.45, 2.75) is 0 Å². The third kappa shape index (κ3) is 2.97. The molecule has 0 saturated carbocycles. The Bertz CT molecular complexity index is 859. The van der Waals surface area contributed by atoms with Crippen molar-refractivity contribution < 1.29 is 4.74 Å². The Morgan fingerprint density at radius 1 is 0.870 bits per heavy atom. The zero-order valence-electron chi connectivity index (χ0n) is 12.4. The van der Waals surface area contributed by atoms with Gasteiger partial charge < -0.3 is 4.74 Å². The lowest BCUT2D eigenvalue weighted by atomic mass is 10.0. The first-order valence-corrected chi connectivity index (χ1v) is 6.95. The molecule has 23 heavy (non-hydrogen) atoms. The molecule has 0 fully saturated rings. The minimum absolute atomic E-state index is 0.119. The molecule has 3 aromatic rings. The monoisotopic (exact) mass is 303 g/mol. The van der Waals surface area contributed by atoms with Gasteiger partial charge in [-0.3, -0.25) is 0 Å². The van der Waals surface area contributed by atoms with Crippen molar-refractivity contribution in [3.8, 4) is 28.4 Å². The fraction of sp³-hybridized carbons (Fsp3) is 0.0588. The highest BCUT2D eigenvalue weighted by Gasteiger charge is 2.16. The molecule has 112 valence electrons. The van der Waals surface area contributed by atoms with Crippen LogP contribution >= 0.6 is 0 Å². The second-order valence-corrected chi connectivity index (χ2v) is 4.68. The highest BCUT2D eigenvalue weighted by Crippen LogP contribution is 2.34. The normalized spacial score (nSPS) is 9.96. The number of hydrogen-bond acceptors (Lipinski definition) is 4. The molecule has 1 heterocycles. The zero-order chi connectivity index (χ0) is 16.1. The van der Waals surface area contributed by atoms with Gasteiger partial charge in [-0.1, -0.05) is 60.7 Å². The minimum Gasteiger partial charge on any atom is -0.480 e. The van der Waals surface area contributed by atoms with Crippen molar-refractivity contribution in [1.82, 2.24) is 9.97 Å². The Morgan fingerprint density at radius 3 is 1.87 bits per heavy atom. The summed E-state index contributed by atoms with van der Waals surface area (Å²) in [7, 11) is 1.47. The SMILES string of the molecule is COc1nc(-c2ccccc2)c(-c2ccccc2)nc1N=[N+]=[N-]. The van der Waals surface area contributed by atoms with Gasteiger partial charge in [-0.15, -0.1) is 0 Å². The molecular weight excluding hydrogens is 290 g/mol. The van der Waals surface area contributed by atoms with Crippen molar-refractivity contribution in [3.63, 3.8) is 0 Å². The molecule has 0 N–H and O–H groups in total. The Labute approximate surface area is 133 Å². The van der Waals surface area contributed by atoms with E-state index in [1.807, 2.05) is 60.7 Å². The van der Waals surface area contributed by atoms with Crippen molar-refractivity contribution in [2.75, 3.05) is 7.11 Å². The maximum absolute atomic E-state index is 8.72. The number of nitrogens with zero attached hydrogens (tertiary/aromatic N) is 5. The zero-order valence-corrected chi connectivity index (χ0v) is 12.4. The molecule has 0 bridgehead atoms.